The molecule has 1 N–H and O–H groups in total. The van der Waals surface area contributed by atoms with Gasteiger partial charge < -0.3 is 10.2 Å². The number of carbonyl (C=O) groups is 1. The van der Waals surface area contributed by atoms with Crippen molar-refractivity contribution in [2.75, 3.05) is 19.6 Å². The topological polar surface area (TPSA) is 56.1 Å². The largest absolute Gasteiger partial charge is 0.341 e. The molecule has 1 aliphatic heterocycles. The highest BCUT2D eigenvalue weighted by Crippen LogP contribution is 2.17. The summed E-state index contributed by atoms with van der Waals surface area (Å²) in [6, 6.07) is 2.04. The molecule has 2 unspecified atom stereocenters. The standard InChI is InChI=1S/C12H21N3O/c1-3-15(9-5-7-13)12(16)11-10(2)6-4-8-14-11/h10-11,14H,3-6,8-9H2,1-2H3. The zero-order valence-corrected chi connectivity index (χ0v) is 10.2. The molecule has 0 aromatic carbocycles. The summed E-state index contributed by atoms with van der Waals surface area (Å²) in [6.45, 7) is 6.24. The van der Waals surface area contributed by atoms with Crippen LogP contribution in [0.2, 0.25) is 0 Å². The number of carbonyl (C=O) groups excluding carboxylic acids is 1. The summed E-state index contributed by atoms with van der Waals surface area (Å²) in [6.07, 6.45) is 2.68. The maximum absolute atomic E-state index is 12.2. The van der Waals surface area contributed by atoms with Crippen LogP contribution in [-0.2, 0) is 4.79 Å². The summed E-state index contributed by atoms with van der Waals surface area (Å²) in [7, 11) is 0. The van der Waals surface area contributed by atoms with Crippen LogP contribution in [0.25, 0.3) is 0 Å². The molecule has 0 saturated carbocycles. The minimum Gasteiger partial charge on any atom is -0.341 e. The molecule has 1 saturated heterocycles. The number of hydrogen-bond donors (Lipinski definition) is 1. The zero-order chi connectivity index (χ0) is 12.0. The van der Waals surface area contributed by atoms with E-state index in [1.165, 1.54) is 0 Å². The van der Waals surface area contributed by atoms with Crippen LogP contribution in [0.3, 0.4) is 0 Å². The summed E-state index contributed by atoms with van der Waals surface area (Å²) >= 11 is 0. The molecule has 16 heavy (non-hydrogen) atoms. The average molecular weight is 223 g/mol. The molecule has 0 radical (unpaired) electrons. The van der Waals surface area contributed by atoms with Crippen molar-refractivity contribution in [3.05, 3.63) is 0 Å². The van der Waals surface area contributed by atoms with Crippen molar-refractivity contribution in [1.29, 1.82) is 5.26 Å². The molecule has 0 aromatic rings. The Morgan fingerprint density at radius 3 is 2.94 bits per heavy atom. The Balaban J connectivity index is 2.55. The summed E-state index contributed by atoms with van der Waals surface area (Å²) in [5.74, 6) is 0.558. The molecule has 0 aromatic heterocycles. The van der Waals surface area contributed by atoms with Gasteiger partial charge in [0.1, 0.15) is 0 Å². The lowest BCUT2D eigenvalue weighted by atomic mass is 9.92. The van der Waals surface area contributed by atoms with Gasteiger partial charge in [0, 0.05) is 13.1 Å². The van der Waals surface area contributed by atoms with E-state index in [2.05, 4.69) is 18.3 Å². The Hall–Kier alpha value is -1.08. The van der Waals surface area contributed by atoms with Crippen LogP contribution in [0.4, 0.5) is 0 Å². The maximum Gasteiger partial charge on any atom is 0.240 e. The van der Waals surface area contributed by atoms with Gasteiger partial charge in [-0.1, -0.05) is 6.92 Å². The number of nitrogens with one attached hydrogen (secondary N) is 1. The fourth-order valence-electron chi connectivity index (χ4n) is 2.19. The van der Waals surface area contributed by atoms with Gasteiger partial charge in [-0.05, 0) is 32.2 Å². The second-order valence-electron chi connectivity index (χ2n) is 4.38. The number of likely N-dealkylation sites (N-methyl/N-ethyl adjacent to an activating group) is 1. The van der Waals surface area contributed by atoms with Crippen molar-refractivity contribution in [3.8, 4) is 6.07 Å². The lowest BCUT2D eigenvalue weighted by Gasteiger charge is -2.33. The van der Waals surface area contributed by atoms with E-state index in [0.29, 0.717) is 25.4 Å². The number of rotatable bonds is 4. The van der Waals surface area contributed by atoms with Gasteiger partial charge in [0.25, 0.3) is 0 Å². The van der Waals surface area contributed by atoms with Crippen molar-refractivity contribution in [3.63, 3.8) is 0 Å². The van der Waals surface area contributed by atoms with E-state index < -0.39 is 0 Å². The van der Waals surface area contributed by atoms with Crippen LogP contribution in [0.15, 0.2) is 0 Å². The van der Waals surface area contributed by atoms with E-state index in [9.17, 15) is 4.79 Å². The van der Waals surface area contributed by atoms with Crippen molar-refractivity contribution in [2.24, 2.45) is 5.92 Å². The second kappa shape index (κ2) is 6.49. The van der Waals surface area contributed by atoms with Gasteiger partial charge in [0.05, 0.1) is 18.5 Å². The summed E-state index contributed by atoms with van der Waals surface area (Å²) in [4.78, 5) is 14.0. The predicted octanol–water partition coefficient (Wildman–Crippen LogP) is 1.14. The van der Waals surface area contributed by atoms with Crippen LogP contribution >= 0.6 is 0 Å². The van der Waals surface area contributed by atoms with E-state index in [1.807, 2.05) is 6.92 Å². The summed E-state index contributed by atoms with van der Waals surface area (Å²) < 4.78 is 0. The highest BCUT2D eigenvalue weighted by Gasteiger charge is 2.29. The van der Waals surface area contributed by atoms with Crippen LogP contribution in [0.5, 0.6) is 0 Å². The number of amides is 1. The molecular formula is C12H21N3O. The van der Waals surface area contributed by atoms with Gasteiger partial charge in [-0.25, -0.2) is 0 Å². The molecule has 1 aliphatic rings. The molecule has 0 spiro atoms. The number of nitriles is 1. The van der Waals surface area contributed by atoms with Gasteiger partial charge >= 0.3 is 0 Å². The first-order valence-corrected chi connectivity index (χ1v) is 6.09. The number of piperidine rings is 1. The Bertz CT molecular complexity index is 272. The van der Waals surface area contributed by atoms with E-state index in [1.54, 1.807) is 4.90 Å². The van der Waals surface area contributed by atoms with Crippen molar-refractivity contribution >= 4 is 5.91 Å². The van der Waals surface area contributed by atoms with Crippen LogP contribution < -0.4 is 5.32 Å². The molecule has 1 rings (SSSR count). The third kappa shape index (κ3) is 3.21. The predicted molar refractivity (Wildman–Crippen MR) is 62.7 cm³/mol. The SMILES string of the molecule is CCN(CCC#N)C(=O)C1NCCCC1C. The Morgan fingerprint density at radius 1 is 1.62 bits per heavy atom. The van der Waals surface area contributed by atoms with Crippen molar-refractivity contribution in [1.82, 2.24) is 10.2 Å². The Labute approximate surface area is 97.6 Å². The summed E-state index contributed by atoms with van der Waals surface area (Å²) in [5, 5.41) is 11.8. The van der Waals surface area contributed by atoms with Crippen molar-refractivity contribution < 1.29 is 4.79 Å². The number of hydrogen-bond acceptors (Lipinski definition) is 3. The first-order chi connectivity index (χ1) is 7.70. The van der Waals surface area contributed by atoms with Gasteiger partial charge in [-0.2, -0.15) is 5.26 Å². The van der Waals surface area contributed by atoms with Crippen LogP contribution in [0, 0.1) is 17.2 Å². The van der Waals surface area contributed by atoms with E-state index in [0.717, 1.165) is 19.4 Å². The first-order valence-electron chi connectivity index (χ1n) is 6.09. The smallest absolute Gasteiger partial charge is 0.240 e. The molecular weight excluding hydrogens is 202 g/mol. The molecule has 1 fully saturated rings. The molecule has 0 aliphatic carbocycles. The highest BCUT2D eigenvalue weighted by atomic mass is 16.2. The molecule has 2 atom stereocenters. The summed E-state index contributed by atoms with van der Waals surface area (Å²) in [5.41, 5.74) is 0. The lowest BCUT2D eigenvalue weighted by Crippen LogP contribution is -2.52. The molecule has 1 amide bonds. The zero-order valence-electron chi connectivity index (χ0n) is 10.2. The minimum atomic E-state index is -0.0487. The van der Waals surface area contributed by atoms with Crippen LogP contribution in [0.1, 0.15) is 33.1 Å². The fourth-order valence-corrected chi connectivity index (χ4v) is 2.19. The molecule has 4 heteroatoms. The first kappa shape index (κ1) is 13.0. The quantitative estimate of drug-likeness (QED) is 0.777. The van der Waals surface area contributed by atoms with Crippen LogP contribution in [-0.4, -0.2) is 36.5 Å². The van der Waals surface area contributed by atoms with Gasteiger partial charge in [-0.3, -0.25) is 4.79 Å². The average Bonchev–Trinajstić information content (AvgIpc) is 2.30. The second-order valence-corrected chi connectivity index (χ2v) is 4.38. The fraction of sp³-hybridized carbons (Fsp3) is 0.833. The highest BCUT2D eigenvalue weighted by molar-refractivity contribution is 5.82. The van der Waals surface area contributed by atoms with E-state index in [-0.39, 0.29) is 11.9 Å². The van der Waals surface area contributed by atoms with Crippen molar-refractivity contribution in [2.45, 2.75) is 39.2 Å². The van der Waals surface area contributed by atoms with Gasteiger partial charge in [0.2, 0.25) is 5.91 Å². The third-order valence-electron chi connectivity index (χ3n) is 3.22. The minimum absolute atomic E-state index is 0.0487. The van der Waals surface area contributed by atoms with Gasteiger partial charge in [0.15, 0.2) is 0 Å². The lowest BCUT2D eigenvalue weighted by molar-refractivity contribution is -0.135. The maximum atomic E-state index is 12.2. The van der Waals surface area contributed by atoms with E-state index in [4.69, 9.17) is 5.26 Å². The Morgan fingerprint density at radius 2 is 2.38 bits per heavy atom. The molecule has 4 nitrogen and oxygen atoms in total. The van der Waals surface area contributed by atoms with Gasteiger partial charge in [-0.15, -0.1) is 0 Å². The third-order valence-corrected chi connectivity index (χ3v) is 3.22. The normalized spacial score (nSPS) is 24.8. The van der Waals surface area contributed by atoms with E-state index >= 15 is 0 Å². The number of nitrogens with zero attached hydrogens (tertiary/aromatic N) is 2. The molecule has 0 bridgehead atoms. The Kier molecular flexibility index (Phi) is 5.27. The molecule has 90 valence electrons. The monoisotopic (exact) mass is 223 g/mol. The molecule has 1 heterocycles.